The van der Waals surface area contributed by atoms with Crippen molar-refractivity contribution in [1.82, 2.24) is 0 Å². The lowest BCUT2D eigenvalue weighted by molar-refractivity contribution is -0.0254. The Balaban J connectivity index is 2.26. The van der Waals surface area contributed by atoms with Crippen LogP contribution in [0.5, 0.6) is 34.5 Å². The molecule has 3 aromatic rings. The van der Waals surface area contributed by atoms with Gasteiger partial charge in [0.2, 0.25) is 0 Å². The first kappa shape index (κ1) is 72.9. The number of benzene rings is 3. The molecular weight excluding hydrogens is 1320 g/mol. The summed E-state index contributed by atoms with van der Waals surface area (Å²) in [5.41, 5.74) is 0.490. The van der Waals surface area contributed by atoms with E-state index in [0.29, 0.717) is 47.9 Å². The van der Waals surface area contributed by atoms with Crippen molar-refractivity contribution >= 4 is 116 Å². The van der Waals surface area contributed by atoms with Crippen molar-refractivity contribution in [2.24, 2.45) is 0 Å². The highest BCUT2D eigenvalue weighted by Crippen LogP contribution is 2.51. The Labute approximate surface area is 520 Å². The van der Waals surface area contributed by atoms with Crippen molar-refractivity contribution in [2.75, 3.05) is 13.2 Å². The van der Waals surface area contributed by atoms with E-state index in [2.05, 4.69) is 251 Å². The van der Waals surface area contributed by atoms with Crippen LogP contribution in [0.1, 0.15) is 156 Å². The molecule has 0 N–H and O–H groups in total. The molecule has 458 valence electrons. The third-order valence-corrected chi connectivity index (χ3v) is 45.6. The maximum absolute atomic E-state index is 14.7. The maximum atomic E-state index is 14.7. The molecule has 0 unspecified atom stereocenters. The molecule has 3 rings (SSSR count). The van der Waals surface area contributed by atoms with Crippen LogP contribution >= 0.6 is 47.8 Å². The SMILES string of the molecule is CC(C)(C)[Si](C)(C)Oc1cc(C(=O)OCC(COC(=O)c2cc(Br)c(O[Si](C)(C)C(C)(C)C)c(O[Si](C)(C)C(C)(C)C)c2)OC(=O)c2cc(Br)c(O[Si](C)(C)C(C)(C)C)c(O[Si](C)(C)C(C)(C)C)c2)cc(Br)c1O[Si](C)(C)C(C)(C)C. The predicted octanol–water partition coefficient (Wildman–Crippen LogP) is 20.5. The second-order valence-corrected chi connectivity index (χ2v) is 61.7. The number of carbonyl (C=O) groups is 3. The molecule has 0 aliphatic heterocycles. The van der Waals surface area contributed by atoms with Gasteiger partial charge in [0.05, 0.1) is 30.1 Å². The third kappa shape index (κ3) is 18.3. The lowest BCUT2D eigenvalue weighted by Crippen LogP contribution is -2.46. The minimum absolute atomic E-state index is 0.135. The fourth-order valence-corrected chi connectivity index (χ4v) is 14.1. The molecule has 0 saturated carbocycles. The summed E-state index contributed by atoms with van der Waals surface area (Å²) in [6.07, 6.45) is -1.29. The van der Waals surface area contributed by atoms with Gasteiger partial charge in [-0.3, -0.25) is 0 Å². The standard InChI is InChI=1S/C60H101Br3O12Si6/c1-55(2,3)76(19,20)70-46-34-39(31-43(61)49(46)73-79(25,26)58(10,11)12)52(64)67-37-42(69-54(66)41-33-45(63)51(75-81(29,30)60(16,17)18)48(36-41)72-78(23,24)57(7,8)9)38-68-53(65)40-32-44(62)50(74-80(27,28)59(13,14)15)47(35-40)71-77(21,22)56(4,5)6/h31-36,42H,37-38H2,1-30H3. The zero-order valence-electron chi connectivity index (χ0n) is 55.0. The molecule has 0 spiro atoms. The third-order valence-electron chi connectivity index (χ3n) is 17.8. The van der Waals surface area contributed by atoms with Crippen LogP contribution in [0, 0.1) is 0 Å². The first-order valence-electron chi connectivity index (χ1n) is 28.1. The molecular formula is C60H101Br3O12Si6. The summed E-state index contributed by atoms with van der Waals surface area (Å²) in [6, 6.07) is 9.91. The van der Waals surface area contributed by atoms with Crippen LogP contribution < -0.4 is 26.6 Å². The topological polar surface area (TPSA) is 134 Å². The Hall–Kier alpha value is -2.39. The molecule has 0 saturated heterocycles. The molecule has 0 bridgehead atoms. The van der Waals surface area contributed by atoms with Crippen molar-refractivity contribution in [1.29, 1.82) is 0 Å². The van der Waals surface area contributed by atoms with Crippen LogP contribution in [-0.2, 0) is 14.2 Å². The van der Waals surface area contributed by atoms with Gasteiger partial charge in [-0.1, -0.05) is 125 Å². The van der Waals surface area contributed by atoms with Crippen molar-refractivity contribution in [3.63, 3.8) is 0 Å². The second kappa shape index (κ2) is 25.1. The van der Waals surface area contributed by atoms with Crippen LogP contribution in [-0.4, -0.2) is 87.1 Å². The van der Waals surface area contributed by atoms with Crippen molar-refractivity contribution in [3.8, 4) is 34.5 Å². The van der Waals surface area contributed by atoms with Crippen LogP contribution in [0.2, 0.25) is 109 Å². The fraction of sp³-hybridized carbons (Fsp3) is 0.650. The lowest BCUT2D eigenvalue weighted by Gasteiger charge is -2.40. The molecule has 0 aliphatic rings. The number of carbonyl (C=O) groups excluding carboxylic acids is 3. The number of ether oxygens (including phenoxy) is 3. The second-order valence-electron chi connectivity index (χ2n) is 30.8. The van der Waals surface area contributed by atoms with Gasteiger partial charge < -0.3 is 40.8 Å². The van der Waals surface area contributed by atoms with Gasteiger partial charge in [-0.05, 0) is 193 Å². The molecule has 81 heavy (non-hydrogen) atoms. The minimum Gasteiger partial charge on any atom is -0.541 e. The van der Waals surface area contributed by atoms with E-state index in [-0.39, 0.29) is 46.9 Å². The molecule has 12 nitrogen and oxygen atoms in total. The molecule has 0 aliphatic carbocycles. The summed E-state index contributed by atoms with van der Waals surface area (Å²) >= 11 is 11.2. The summed E-state index contributed by atoms with van der Waals surface area (Å²) in [7, 11) is -14.8. The van der Waals surface area contributed by atoms with Gasteiger partial charge in [-0.2, -0.15) is 0 Å². The van der Waals surface area contributed by atoms with E-state index in [0.717, 1.165) is 0 Å². The van der Waals surface area contributed by atoms with Crippen LogP contribution in [0.25, 0.3) is 0 Å². The highest BCUT2D eigenvalue weighted by atomic mass is 79.9. The quantitative estimate of drug-likeness (QED) is 0.0605. The Morgan fingerprint density at radius 3 is 0.753 bits per heavy atom. The zero-order valence-corrected chi connectivity index (χ0v) is 65.7. The summed E-state index contributed by atoms with van der Waals surface area (Å²) < 4.78 is 61.4. The van der Waals surface area contributed by atoms with Gasteiger partial charge in [0.1, 0.15) is 30.5 Å². The molecule has 0 radical (unpaired) electrons. The summed E-state index contributed by atoms with van der Waals surface area (Å²) in [6.45, 7) is 63.5. The van der Waals surface area contributed by atoms with Crippen LogP contribution in [0.3, 0.4) is 0 Å². The van der Waals surface area contributed by atoms with E-state index >= 15 is 0 Å². The molecule has 0 heterocycles. The first-order chi connectivity index (χ1) is 35.9. The average Bonchev–Trinajstić information content (AvgIpc) is 3.24. The van der Waals surface area contributed by atoms with Gasteiger partial charge in [-0.15, -0.1) is 0 Å². The smallest absolute Gasteiger partial charge is 0.338 e. The number of hydrogen-bond donors (Lipinski definition) is 0. The van der Waals surface area contributed by atoms with E-state index in [1.54, 1.807) is 36.4 Å². The van der Waals surface area contributed by atoms with E-state index in [4.69, 9.17) is 40.8 Å². The normalized spacial score (nSPS) is 13.9. The Kier molecular flexibility index (Phi) is 22.6. The fourth-order valence-electron chi connectivity index (χ4n) is 5.93. The van der Waals surface area contributed by atoms with E-state index in [1.807, 2.05) is 0 Å². The molecule has 0 aromatic heterocycles. The largest absolute Gasteiger partial charge is 0.541 e. The van der Waals surface area contributed by atoms with Crippen molar-refractivity contribution in [2.45, 2.75) is 240 Å². The Morgan fingerprint density at radius 2 is 0.543 bits per heavy atom. The average molecular weight is 1420 g/mol. The van der Waals surface area contributed by atoms with E-state index < -0.39 is 87.1 Å². The Bertz CT molecular complexity index is 2650. The van der Waals surface area contributed by atoms with Gasteiger partial charge in [-0.25, -0.2) is 14.4 Å². The van der Waals surface area contributed by atoms with Crippen LogP contribution in [0.15, 0.2) is 49.8 Å². The summed E-state index contributed by atoms with van der Waals surface area (Å²) in [5, 5.41) is -0.972. The highest BCUT2D eigenvalue weighted by Gasteiger charge is 2.47. The number of halogens is 3. The van der Waals surface area contributed by atoms with Gasteiger partial charge in [0.15, 0.2) is 23.4 Å². The Morgan fingerprint density at radius 1 is 0.346 bits per heavy atom. The predicted molar refractivity (Wildman–Crippen MR) is 359 cm³/mol. The summed E-state index contributed by atoms with van der Waals surface area (Å²) in [5.74, 6) is 0.593. The lowest BCUT2D eigenvalue weighted by atomic mass is 10.2. The minimum atomic E-state index is -2.52. The highest BCUT2D eigenvalue weighted by molar-refractivity contribution is 9.11. The van der Waals surface area contributed by atoms with E-state index in [1.165, 1.54) is 0 Å². The number of hydrogen-bond acceptors (Lipinski definition) is 12. The van der Waals surface area contributed by atoms with Crippen molar-refractivity contribution in [3.05, 3.63) is 66.5 Å². The molecule has 0 fully saturated rings. The molecule has 0 amide bonds. The zero-order chi connectivity index (χ0) is 63.3. The maximum Gasteiger partial charge on any atom is 0.338 e. The van der Waals surface area contributed by atoms with Gasteiger partial charge in [0, 0.05) is 0 Å². The number of esters is 3. The first-order valence-corrected chi connectivity index (χ1v) is 47.9. The monoisotopic (exact) mass is 1420 g/mol. The van der Waals surface area contributed by atoms with Gasteiger partial charge in [0.25, 0.3) is 49.9 Å². The summed E-state index contributed by atoms with van der Waals surface area (Å²) in [4.78, 5) is 43.6. The van der Waals surface area contributed by atoms with Crippen molar-refractivity contribution < 1.29 is 55.2 Å². The molecule has 3 aromatic carbocycles. The molecule has 0 atom stereocenters. The van der Waals surface area contributed by atoms with Crippen LogP contribution in [0.4, 0.5) is 0 Å². The molecule has 21 heteroatoms. The number of rotatable bonds is 20. The van der Waals surface area contributed by atoms with Gasteiger partial charge >= 0.3 is 17.9 Å². The van der Waals surface area contributed by atoms with E-state index in [9.17, 15) is 14.4 Å².